The zero-order valence-electron chi connectivity index (χ0n) is 16.3. The third kappa shape index (κ3) is 5.66. The van der Waals surface area contributed by atoms with E-state index in [4.69, 9.17) is 0 Å². The third-order valence-corrected chi connectivity index (χ3v) is 6.44. The number of benzene rings is 1. The van der Waals surface area contributed by atoms with Gasteiger partial charge in [0.25, 0.3) is 0 Å². The zero-order valence-corrected chi connectivity index (χ0v) is 18.0. The molecule has 0 fully saturated rings. The molecule has 0 aliphatic heterocycles. The number of allylic oxidation sites excluding steroid dienone is 1. The Morgan fingerprint density at radius 3 is 2.46 bits per heavy atom. The van der Waals surface area contributed by atoms with E-state index in [1.165, 1.54) is 23.9 Å². The molecule has 2 N–H and O–H groups in total. The quantitative estimate of drug-likeness (QED) is 0.474. The van der Waals surface area contributed by atoms with Crippen LogP contribution in [0.2, 0.25) is 0 Å². The lowest BCUT2D eigenvalue weighted by molar-refractivity contribution is -0.115. The van der Waals surface area contributed by atoms with Crippen LogP contribution in [0.25, 0.3) is 0 Å². The number of aromatic nitrogens is 3. The number of nitrogens with one attached hydrogen (secondary N) is 2. The van der Waals surface area contributed by atoms with Crippen LogP contribution in [0, 0.1) is 6.92 Å². The second-order valence-corrected chi connectivity index (χ2v) is 9.50. The number of anilines is 1. The van der Waals surface area contributed by atoms with Gasteiger partial charge in [0.05, 0.1) is 10.1 Å². The van der Waals surface area contributed by atoms with Crippen LogP contribution in [0.5, 0.6) is 0 Å². The summed E-state index contributed by atoms with van der Waals surface area (Å²) in [5.74, 6) is 0.536. The van der Waals surface area contributed by atoms with Gasteiger partial charge in [-0.2, -0.15) is 0 Å². The Kier molecular flexibility index (Phi) is 7.39. The predicted molar refractivity (Wildman–Crippen MR) is 111 cm³/mol. The molecule has 2 rings (SSSR count). The summed E-state index contributed by atoms with van der Waals surface area (Å²) in [6.45, 7) is 11.4. The van der Waals surface area contributed by atoms with Crippen LogP contribution in [0.15, 0.2) is 47.0 Å². The summed E-state index contributed by atoms with van der Waals surface area (Å²) in [7, 11) is -3.56. The van der Waals surface area contributed by atoms with Crippen LogP contribution in [-0.2, 0) is 21.4 Å². The van der Waals surface area contributed by atoms with Gasteiger partial charge in [-0.3, -0.25) is 4.79 Å². The first-order chi connectivity index (χ1) is 13.1. The highest BCUT2D eigenvalue weighted by molar-refractivity contribution is 8.00. The number of rotatable bonds is 9. The van der Waals surface area contributed by atoms with Gasteiger partial charge in [-0.15, -0.1) is 16.8 Å². The Morgan fingerprint density at radius 2 is 1.89 bits per heavy atom. The number of carbonyl (C=O) groups excluding carboxylic acids is 1. The average molecular weight is 424 g/mol. The fourth-order valence-corrected chi connectivity index (χ4v) is 4.49. The molecule has 0 bridgehead atoms. The lowest BCUT2D eigenvalue weighted by atomic mass is 10.3. The summed E-state index contributed by atoms with van der Waals surface area (Å²) in [6, 6.07) is 5.85. The molecule has 1 atom stereocenters. The van der Waals surface area contributed by atoms with Crippen LogP contribution in [0.4, 0.5) is 5.69 Å². The number of carbonyl (C=O) groups is 1. The van der Waals surface area contributed by atoms with Gasteiger partial charge in [0.2, 0.25) is 15.9 Å². The summed E-state index contributed by atoms with van der Waals surface area (Å²) in [4.78, 5) is 12.6. The topological polar surface area (TPSA) is 106 Å². The van der Waals surface area contributed by atoms with Crippen molar-refractivity contribution >= 4 is 33.4 Å². The average Bonchev–Trinajstić information content (AvgIpc) is 2.95. The largest absolute Gasteiger partial charge is 0.325 e. The van der Waals surface area contributed by atoms with Crippen molar-refractivity contribution in [3.8, 4) is 0 Å². The van der Waals surface area contributed by atoms with E-state index in [0.29, 0.717) is 17.4 Å². The summed E-state index contributed by atoms with van der Waals surface area (Å²) in [5, 5.41) is 11.1. The first-order valence-corrected chi connectivity index (χ1v) is 11.1. The van der Waals surface area contributed by atoms with Crippen molar-refractivity contribution in [3.63, 3.8) is 0 Å². The van der Waals surface area contributed by atoms with Gasteiger partial charge in [0.1, 0.15) is 5.82 Å². The second-order valence-electron chi connectivity index (χ2n) is 6.48. The minimum atomic E-state index is -3.56. The lowest BCUT2D eigenvalue weighted by Crippen LogP contribution is -2.30. The van der Waals surface area contributed by atoms with E-state index in [2.05, 4.69) is 26.8 Å². The van der Waals surface area contributed by atoms with E-state index in [0.717, 1.165) is 5.82 Å². The first-order valence-electron chi connectivity index (χ1n) is 8.74. The van der Waals surface area contributed by atoms with E-state index >= 15 is 0 Å². The smallest absolute Gasteiger partial charge is 0.240 e. The number of hydrogen-bond donors (Lipinski definition) is 2. The van der Waals surface area contributed by atoms with Gasteiger partial charge in [-0.25, -0.2) is 13.1 Å². The number of amides is 1. The first kappa shape index (κ1) is 22.1. The maximum atomic E-state index is 12.5. The molecule has 1 aromatic carbocycles. The summed E-state index contributed by atoms with van der Waals surface area (Å²) < 4.78 is 28.7. The summed E-state index contributed by atoms with van der Waals surface area (Å²) in [6.07, 6.45) is 1.74. The minimum Gasteiger partial charge on any atom is -0.325 e. The molecule has 152 valence electrons. The fourth-order valence-electron chi connectivity index (χ4n) is 2.34. The normalized spacial score (nSPS) is 12.8. The highest BCUT2D eigenvalue weighted by atomic mass is 32.2. The monoisotopic (exact) mass is 423 g/mol. The number of nitrogens with zero attached hydrogens (tertiary/aromatic N) is 3. The van der Waals surface area contributed by atoms with Crippen LogP contribution in [0.1, 0.15) is 26.6 Å². The van der Waals surface area contributed by atoms with Gasteiger partial charge in [-0.1, -0.05) is 17.8 Å². The van der Waals surface area contributed by atoms with Crippen LogP contribution < -0.4 is 10.0 Å². The standard InChI is InChI=1S/C18H25N5O3S2/c1-6-11-23-14(5)20-21-18(23)27-13(4)17(24)19-15-7-9-16(10-8-15)28(25,26)22-12(2)3/h6-10,12-13,22H,1,11H2,2-5H3,(H,19,24)/t13-/m1/s1. The molecule has 8 nitrogen and oxygen atoms in total. The SMILES string of the molecule is C=CCn1c(C)nnc1S[C@H](C)C(=O)Nc1ccc(S(=O)(=O)NC(C)C)cc1. The maximum absolute atomic E-state index is 12.5. The number of hydrogen-bond acceptors (Lipinski definition) is 6. The van der Waals surface area contributed by atoms with Crippen molar-refractivity contribution in [3.05, 3.63) is 42.7 Å². The molecule has 0 aliphatic carbocycles. The van der Waals surface area contributed by atoms with Gasteiger partial charge in [0.15, 0.2) is 5.16 Å². The summed E-state index contributed by atoms with van der Waals surface area (Å²) in [5.41, 5.74) is 0.518. The van der Waals surface area contributed by atoms with Crippen LogP contribution in [-0.4, -0.2) is 40.4 Å². The van der Waals surface area contributed by atoms with Crippen molar-refractivity contribution in [1.82, 2.24) is 19.5 Å². The Balaban J connectivity index is 2.03. The van der Waals surface area contributed by atoms with Gasteiger partial charge < -0.3 is 9.88 Å². The summed E-state index contributed by atoms with van der Waals surface area (Å²) >= 11 is 1.30. The molecule has 10 heteroatoms. The molecule has 2 aromatic rings. The van der Waals surface area contributed by atoms with E-state index < -0.39 is 15.3 Å². The second kappa shape index (κ2) is 9.35. The molecule has 0 aliphatic rings. The maximum Gasteiger partial charge on any atom is 0.240 e. The highest BCUT2D eigenvalue weighted by Gasteiger charge is 2.20. The molecule has 0 unspecified atom stereocenters. The molecule has 28 heavy (non-hydrogen) atoms. The molecule has 1 amide bonds. The fraction of sp³-hybridized carbons (Fsp3) is 0.389. The molecule has 1 heterocycles. The molecule has 0 radical (unpaired) electrons. The molecule has 1 aromatic heterocycles. The number of sulfonamides is 1. The zero-order chi connectivity index (χ0) is 20.9. The molecular weight excluding hydrogens is 398 g/mol. The Labute approximate surface area is 169 Å². The Hall–Kier alpha value is -2.17. The molecular formula is C18H25N5O3S2. The molecule has 0 saturated heterocycles. The van der Waals surface area contributed by atoms with Crippen molar-refractivity contribution in [2.75, 3.05) is 5.32 Å². The van der Waals surface area contributed by atoms with E-state index in [9.17, 15) is 13.2 Å². The van der Waals surface area contributed by atoms with Crippen molar-refractivity contribution in [2.24, 2.45) is 0 Å². The molecule has 0 spiro atoms. The van der Waals surface area contributed by atoms with Gasteiger partial charge in [0, 0.05) is 18.3 Å². The number of aryl methyl sites for hydroxylation is 1. The predicted octanol–water partition coefficient (Wildman–Crippen LogP) is 2.58. The highest BCUT2D eigenvalue weighted by Crippen LogP contribution is 2.24. The van der Waals surface area contributed by atoms with Crippen LogP contribution in [0.3, 0.4) is 0 Å². The van der Waals surface area contributed by atoms with Crippen LogP contribution >= 0.6 is 11.8 Å². The number of thioether (sulfide) groups is 1. The lowest BCUT2D eigenvalue weighted by Gasteiger charge is -2.13. The van der Waals surface area contributed by atoms with Crippen molar-refractivity contribution in [1.29, 1.82) is 0 Å². The van der Waals surface area contributed by atoms with Crippen molar-refractivity contribution in [2.45, 2.75) is 55.6 Å². The minimum absolute atomic E-state index is 0.148. The molecule has 0 saturated carbocycles. The third-order valence-electron chi connectivity index (χ3n) is 3.69. The van der Waals surface area contributed by atoms with Gasteiger partial charge >= 0.3 is 0 Å². The van der Waals surface area contributed by atoms with E-state index in [-0.39, 0.29) is 16.8 Å². The van der Waals surface area contributed by atoms with Crippen molar-refractivity contribution < 1.29 is 13.2 Å². The van der Waals surface area contributed by atoms with E-state index in [1.54, 1.807) is 39.0 Å². The Bertz CT molecular complexity index is 937. The Morgan fingerprint density at radius 1 is 1.25 bits per heavy atom. The van der Waals surface area contributed by atoms with E-state index in [1.807, 2.05) is 11.5 Å². The van der Waals surface area contributed by atoms with Gasteiger partial charge in [-0.05, 0) is 52.0 Å².